The van der Waals surface area contributed by atoms with Gasteiger partial charge in [0, 0.05) is 17.8 Å². The van der Waals surface area contributed by atoms with Gasteiger partial charge in [-0.2, -0.15) is 4.57 Å². The van der Waals surface area contributed by atoms with Gasteiger partial charge in [-0.25, -0.2) is 0 Å². The van der Waals surface area contributed by atoms with Gasteiger partial charge in [-0.3, -0.25) is 4.79 Å². The van der Waals surface area contributed by atoms with Crippen LogP contribution in [0.4, 0.5) is 5.69 Å². The minimum absolute atomic E-state index is 0.00463. The number of hydrogen-bond donors (Lipinski definition) is 1. The third-order valence-electron chi connectivity index (χ3n) is 4.07. The van der Waals surface area contributed by atoms with E-state index in [1.54, 1.807) is 0 Å². The van der Waals surface area contributed by atoms with E-state index in [1.807, 2.05) is 35.2 Å². The molecule has 1 heterocycles. The number of nitrogens with zero attached hydrogens (tertiary/aromatic N) is 1. The van der Waals surface area contributed by atoms with E-state index in [9.17, 15) is 4.79 Å². The molecule has 116 valence electrons. The molecule has 3 nitrogen and oxygen atoms in total. The summed E-state index contributed by atoms with van der Waals surface area (Å²) in [5.74, 6) is 0.443. The Bertz CT molecular complexity index is 620. The first-order valence-electron chi connectivity index (χ1n) is 8.00. The molecule has 0 unspecified atom stereocenters. The lowest BCUT2D eigenvalue weighted by atomic mass is 9.97. The number of benzene rings is 1. The Morgan fingerprint density at radius 3 is 2.45 bits per heavy atom. The standard InChI is InChI=1S/C19H24N2O/c1-4-15(3)17-8-6-7-9-18(17)20-19(22)14-21-12-10-16(5-2)11-13-21/h6-13,15H,4-5,14H2,1-3H3/p+1/t15-/m0/s1. The summed E-state index contributed by atoms with van der Waals surface area (Å²) in [4.78, 5) is 12.3. The molecule has 0 aliphatic rings. The van der Waals surface area contributed by atoms with E-state index in [-0.39, 0.29) is 5.91 Å². The van der Waals surface area contributed by atoms with E-state index in [4.69, 9.17) is 0 Å². The fraction of sp³-hybridized carbons (Fsp3) is 0.368. The molecule has 1 atom stereocenters. The number of carbonyl (C=O) groups excluding carboxylic acids is 1. The normalized spacial score (nSPS) is 12.0. The molecule has 0 saturated carbocycles. The number of aryl methyl sites for hydroxylation is 1. The minimum atomic E-state index is 0.00463. The van der Waals surface area contributed by atoms with Gasteiger partial charge in [-0.1, -0.05) is 39.0 Å². The molecule has 22 heavy (non-hydrogen) atoms. The Morgan fingerprint density at radius 2 is 1.82 bits per heavy atom. The molecule has 0 bridgehead atoms. The number of para-hydroxylation sites is 1. The zero-order valence-corrected chi connectivity index (χ0v) is 13.7. The molecule has 3 heteroatoms. The highest BCUT2D eigenvalue weighted by atomic mass is 16.1. The highest BCUT2D eigenvalue weighted by molar-refractivity contribution is 5.90. The number of hydrogen-bond acceptors (Lipinski definition) is 1. The number of nitrogens with one attached hydrogen (secondary N) is 1. The maximum atomic E-state index is 12.3. The number of amides is 1. The smallest absolute Gasteiger partial charge is 0.290 e. The van der Waals surface area contributed by atoms with E-state index in [1.165, 1.54) is 11.1 Å². The van der Waals surface area contributed by atoms with Gasteiger partial charge in [0.1, 0.15) is 0 Å². The van der Waals surface area contributed by atoms with Crippen molar-refractivity contribution in [1.29, 1.82) is 0 Å². The molecule has 2 aromatic rings. The quantitative estimate of drug-likeness (QED) is 0.810. The van der Waals surface area contributed by atoms with E-state index in [0.717, 1.165) is 18.5 Å². The summed E-state index contributed by atoms with van der Waals surface area (Å²) in [5.41, 5.74) is 3.40. The predicted molar refractivity (Wildman–Crippen MR) is 89.8 cm³/mol. The van der Waals surface area contributed by atoms with Crippen LogP contribution in [-0.4, -0.2) is 5.91 Å². The highest BCUT2D eigenvalue weighted by Crippen LogP contribution is 2.26. The summed E-state index contributed by atoms with van der Waals surface area (Å²) in [6, 6.07) is 12.2. The summed E-state index contributed by atoms with van der Waals surface area (Å²) < 4.78 is 1.90. The van der Waals surface area contributed by atoms with E-state index >= 15 is 0 Å². The first-order chi connectivity index (χ1) is 10.6. The number of pyridine rings is 1. The Morgan fingerprint density at radius 1 is 1.14 bits per heavy atom. The molecule has 1 aromatic carbocycles. The van der Waals surface area contributed by atoms with Crippen LogP contribution in [0, 0.1) is 0 Å². The van der Waals surface area contributed by atoms with Gasteiger partial charge >= 0.3 is 0 Å². The second-order valence-electron chi connectivity index (χ2n) is 5.68. The third-order valence-corrected chi connectivity index (χ3v) is 4.07. The van der Waals surface area contributed by atoms with Gasteiger partial charge in [-0.15, -0.1) is 0 Å². The second kappa shape index (κ2) is 7.74. The first kappa shape index (κ1) is 16.2. The molecule has 0 aliphatic carbocycles. The van der Waals surface area contributed by atoms with Crippen LogP contribution in [0.15, 0.2) is 48.8 Å². The van der Waals surface area contributed by atoms with Crippen LogP contribution in [0.5, 0.6) is 0 Å². The van der Waals surface area contributed by atoms with Gasteiger partial charge in [0.15, 0.2) is 12.4 Å². The molecular formula is C19H25N2O+. The van der Waals surface area contributed by atoms with Gasteiger partial charge in [0.25, 0.3) is 5.91 Å². The lowest BCUT2D eigenvalue weighted by Crippen LogP contribution is -2.39. The van der Waals surface area contributed by atoms with Gasteiger partial charge in [0.2, 0.25) is 6.54 Å². The SMILES string of the molecule is CCc1cc[n+](CC(=O)Nc2ccccc2[C@@H](C)CC)cc1. The Hall–Kier alpha value is -2.16. The van der Waals surface area contributed by atoms with Crippen LogP contribution in [-0.2, 0) is 17.8 Å². The van der Waals surface area contributed by atoms with Crippen molar-refractivity contribution in [2.45, 2.75) is 46.1 Å². The average molecular weight is 297 g/mol. The molecule has 1 aromatic heterocycles. The van der Waals surface area contributed by atoms with E-state index in [2.05, 4.69) is 44.3 Å². The number of aromatic nitrogens is 1. The minimum Gasteiger partial charge on any atom is -0.320 e. The van der Waals surface area contributed by atoms with Crippen molar-refractivity contribution in [2.24, 2.45) is 0 Å². The van der Waals surface area contributed by atoms with Crippen molar-refractivity contribution < 1.29 is 9.36 Å². The summed E-state index contributed by atoms with van der Waals surface area (Å²) in [7, 11) is 0. The van der Waals surface area contributed by atoms with Gasteiger partial charge < -0.3 is 5.32 Å². The lowest BCUT2D eigenvalue weighted by molar-refractivity contribution is -0.684. The van der Waals surface area contributed by atoms with Crippen LogP contribution in [0.3, 0.4) is 0 Å². The zero-order chi connectivity index (χ0) is 15.9. The van der Waals surface area contributed by atoms with Crippen molar-refractivity contribution in [1.82, 2.24) is 0 Å². The Labute approximate surface area is 133 Å². The molecule has 2 rings (SSSR count). The molecule has 0 fully saturated rings. The van der Waals surface area contributed by atoms with Gasteiger partial charge in [0.05, 0.1) is 0 Å². The van der Waals surface area contributed by atoms with Crippen molar-refractivity contribution in [3.05, 3.63) is 59.9 Å². The number of anilines is 1. The molecule has 1 amide bonds. The Kier molecular flexibility index (Phi) is 5.70. The molecule has 0 saturated heterocycles. The maximum absolute atomic E-state index is 12.3. The van der Waals surface area contributed by atoms with Crippen molar-refractivity contribution in [3.63, 3.8) is 0 Å². The van der Waals surface area contributed by atoms with E-state index < -0.39 is 0 Å². The largest absolute Gasteiger partial charge is 0.320 e. The van der Waals surface area contributed by atoms with Crippen molar-refractivity contribution in [2.75, 3.05) is 5.32 Å². The van der Waals surface area contributed by atoms with Crippen LogP contribution < -0.4 is 9.88 Å². The van der Waals surface area contributed by atoms with Crippen molar-refractivity contribution >= 4 is 11.6 Å². The first-order valence-corrected chi connectivity index (χ1v) is 8.00. The topological polar surface area (TPSA) is 33.0 Å². The monoisotopic (exact) mass is 297 g/mol. The van der Waals surface area contributed by atoms with Crippen LogP contribution in [0.25, 0.3) is 0 Å². The third kappa shape index (κ3) is 4.17. The number of rotatable bonds is 6. The van der Waals surface area contributed by atoms with Gasteiger partial charge in [-0.05, 0) is 36.0 Å². The zero-order valence-electron chi connectivity index (χ0n) is 13.7. The summed E-state index contributed by atoms with van der Waals surface area (Å²) in [6.07, 6.45) is 5.98. The fourth-order valence-electron chi connectivity index (χ4n) is 2.45. The predicted octanol–water partition coefficient (Wildman–Crippen LogP) is 3.69. The van der Waals surface area contributed by atoms with E-state index in [0.29, 0.717) is 12.5 Å². The Balaban J connectivity index is 2.05. The molecule has 0 spiro atoms. The second-order valence-corrected chi connectivity index (χ2v) is 5.68. The van der Waals surface area contributed by atoms with Crippen LogP contribution >= 0.6 is 0 Å². The molecule has 1 N–H and O–H groups in total. The fourth-order valence-corrected chi connectivity index (χ4v) is 2.45. The van der Waals surface area contributed by atoms with Crippen LogP contribution in [0.1, 0.15) is 44.2 Å². The summed E-state index contributed by atoms with van der Waals surface area (Å²) in [6.45, 7) is 6.80. The maximum Gasteiger partial charge on any atom is 0.290 e. The molecular weight excluding hydrogens is 272 g/mol. The van der Waals surface area contributed by atoms with Crippen molar-refractivity contribution in [3.8, 4) is 0 Å². The summed E-state index contributed by atoms with van der Waals surface area (Å²) in [5, 5.41) is 3.04. The summed E-state index contributed by atoms with van der Waals surface area (Å²) >= 11 is 0. The average Bonchev–Trinajstić information content (AvgIpc) is 2.55. The number of carbonyl (C=O) groups is 1. The lowest BCUT2D eigenvalue weighted by Gasteiger charge is -2.14. The molecule has 0 radical (unpaired) electrons. The molecule has 0 aliphatic heterocycles. The van der Waals surface area contributed by atoms with Crippen LogP contribution in [0.2, 0.25) is 0 Å². The highest BCUT2D eigenvalue weighted by Gasteiger charge is 2.13.